The third kappa shape index (κ3) is 7.64. The van der Waals surface area contributed by atoms with Gasteiger partial charge >= 0.3 is 26.2 Å². The molecule has 114 valence electrons. The van der Waals surface area contributed by atoms with Gasteiger partial charge in [-0.1, -0.05) is 49.5 Å². The topological polar surface area (TPSA) is 40.9 Å². The van der Waals surface area contributed by atoms with Gasteiger partial charge < -0.3 is 35.3 Å². The number of nitrogens with one attached hydrogen (secondary N) is 1. The molecule has 0 aliphatic heterocycles. The molecule has 1 amide bonds. The summed E-state index contributed by atoms with van der Waals surface area (Å²) in [6.07, 6.45) is 0. The molecular weight excluding hydrogens is 412 g/mol. The summed E-state index contributed by atoms with van der Waals surface area (Å²) in [6.45, 7) is 4.31. The van der Waals surface area contributed by atoms with Gasteiger partial charge in [0.2, 0.25) is 0 Å². The Hall–Kier alpha value is -0.540. The molecule has 6 heteroatoms. The molecule has 0 saturated heterocycles. The van der Waals surface area contributed by atoms with Crippen molar-refractivity contribution in [2.75, 3.05) is 0 Å². The Labute approximate surface area is 166 Å². The Bertz CT molecular complexity index is 596. The zero-order valence-corrected chi connectivity index (χ0v) is 17.4. The maximum atomic E-state index is 8.47. The molecule has 0 spiro atoms. The van der Waals surface area contributed by atoms with E-state index in [-0.39, 0.29) is 57.4 Å². The van der Waals surface area contributed by atoms with Crippen molar-refractivity contribution in [1.82, 2.24) is 0 Å². The second-order valence-corrected chi connectivity index (χ2v) is 4.94. The number of fused-ring (bicyclic) bond motifs is 3. The molecule has 0 unspecified atom stereocenters. The van der Waals surface area contributed by atoms with E-state index in [1.54, 1.807) is 0 Å². The zero-order valence-electron chi connectivity index (χ0n) is 12.4. The average molecular weight is 430 g/mol. The normalized spacial score (nSPS) is 7.91. The molecular formula is C16H17Cl2NOSiZr. The maximum Gasteiger partial charge on any atom is 4.00 e. The Morgan fingerprint density at radius 1 is 0.909 bits per heavy atom. The Morgan fingerprint density at radius 3 is 1.50 bits per heavy atom. The number of hydrogen-bond donors (Lipinski definition) is 0. The number of carbonyl (C=O) groups is 1. The van der Waals surface area contributed by atoms with Crippen LogP contribution < -0.4 is 24.8 Å². The number of amides is 1. The largest absolute Gasteiger partial charge is 4.00 e. The van der Waals surface area contributed by atoms with Gasteiger partial charge in [-0.3, -0.25) is 0 Å². The van der Waals surface area contributed by atoms with Crippen LogP contribution in [0.15, 0.2) is 54.6 Å². The van der Waals surface area contributed by atoms with Gasteiger partial charge in [0.15, 0.2) is 0 Å². The molecule has 0 aromatic heterocycles. The van der Waals surface area contributed by atoms with Crippen molar-refractivity contribution in [2.45, 2.75) is 13.1 Å². The van der Waals surface area contributed by atoms with Crippen LogP contribution in [0.25, 0.3) is 27.3 Å². The van der Waals surface area contributed by atoms with Gasteiger partial charge in [-0.05, 0) is 0 Å². The predicted octanol–water partition coefficient (Wildman–Crippen LogP) is -1.30. The number of hydrogen-bond acceptors (Lipinski definition) is 1. The second-order valence-electron chi connectivity index (χ2n) is 3.94. The molecule has 3 rings (SSSR count). The van der Waals surface area contributed by atoms with E-state index in [9.17, 15) is 0 Å². The Kier molecular flexibility index (Phi) is 18.4. The molecule has 2 radical (unpaired) electrons. The molecule has 0 aliphatic rings. The molecule has 2 nitrogen and oxygen atoms in total. The van der Waals surface area contributed by atoms with E-state index in [0.29, 0.717) is 0 Å². The van der Waals surface area contributed by atoms with E-state index >= 15 is 0 Å². The molecule has 0 atom stereocenters. The summed E-state index contributed by atoms with van der Waals surface area (Å²) in [6, 6.07) is 19.3. The van der Waals surface area contributed by atoms with Gasteiger partial charge in [0.25, 0.3) is 0 Å². The molecule has 0 heterocycles. The summed E-state index contributed by atoms with van der Waals surface area (Å²) in [4.78, 5) is 8.47. The molecule has 0 bridgehead atoms. The fourth-order valence-electron chi connectivity index (χ4n) is 1.90. The predicted molar refractivity (Wildman–Crippen MR) is 84.9 cm³/mol. The van der Waals surface area contributed by atoms with Crippen molar-refractivity contribution >= 4 is 37.5 Å². The molecule has 0 aliphatic carbocycles. The third-order valence-electron chi connectivity index (χ3n) is 2.52. The van der Waals surface area contributed by atoms with Gasteiger partial charge in [-0.2, -0.15) is 0 Å². The van der Waals surface area contributed by atoms with Crippen molar-refractivity contribution in [3.63, 3.8) is 0 Å². The van der Waals surface area contributed by atoms with Crippen molar-refractivity contribution in [3.8, 4) is 0 Å². The van der Waals surface area contributed by atoms with Crippen molar-refractivity contribution in [3.05, 3.63) is 60.3 Å². The van der Waals surface area contributed by atoms with Crippen LogP contribution in [0.4, 0.5) is 0 Å². The molecule has 3 aromatic rings. The van der Waals surface area contributed by atoms with Crippen LogP contribution in [-0.4, -0.2) is 15.9 Å². The van der Waals surface area contributed by atoms with Crippen LogP contribution in [0.3, 0.4) is 0 Å². The summed E-state index contributed by atoms with van der Waals surface area (Å²) in [5, 5.41) is 5.39. The molecule has 0 saturated carbocycles. The third-order valence-corrected chi connectivity index (χ3v) is 2.52. The van der Waals surface area contributed by atoms with Crippen LogP contribution in [0.2, 0.25) is 13.1 Å². The van der Waals surface area contributed by atoms with E-state index in [2.05, 4.69) is 67.7 Å². The summed E-state index contributed by atoms with van der Waals surface area (Å²) >= 11 is 0. The quantitative estimate of drug-likeness (QED) is 0.249. The molecule has 0 fully saturated rings. The first kappa shape index (κ1) is 26.4. The summed E-state index contributed by atoms with van der Waals surface area (Å²) in [7, 11) is 1.08. The summed E-state index contributed by atoms with van der Waals surface area (Å²) in [5.74, 6) is 0. The molecule has 1 N–H and O–H groups in total. The first-order chi connectivity index (χ1) is 9.28. The van der Waals surface area contributed by atoms with Crippen molar-refractivity contribution in [1.29, 1.82) is 0 Å². The Morgan fingerprint density at radius 2 is 1.18 bits per heavy atom. The Balaban J connectivity index is -0.000000357. The van der Waals surface area contributed by atoms with Crippen LogP contribution in [-0.2, 0) is 31.0 Å². The van der Waals surface area contributed by atoms with Crippen LogP contribution in [0, 0.1) is 0 Å². The van der Waals surface area contributed by atoms with Gasteiger partial charge in [-0.15, -0.1) is 39.7 Å². The zero-order chi connectivity index (χ0) is 14.1. The molecule has 22 heavy (non-hydrogen) atoms. The van der Waals surface area contributed by atoms with Crippen LogP contribution >= 0.6 is 0 Å². The van der Waals surface area contributed by atoms with Crippen molar-refractivity contribution in [2.24, 2.45) is 0 Å². The molecule has 3 aromatic carbocycles. The number of benzene rings is 2. The first-order valence-electron chi connectivity index (χ1n) is 6.01. The average Bonchev–Trinajstić information content (AvgIpc) is 2.79. The van der Waals surface area contributed by atoms with E-state index in [4.69, 9.17) is 10.5 Å². The smallest absolute Gasteiger partial charge is 1.00 e. The van der Waals surface area contributed by atoms with Gasteiger partial charge in [-0.25, -0.2) is 0 Å². The fraction of sp³-hybridized carbons (Fsp3) is 0.125. The summed E-state index contributed by atoms with van der Waals surface area (Å²) in [5.41, 5.74) is 5.53. The van der Waals surface area contributed by atoms with Gasteiger partial charge in [0.05, 0.1) is 0 Å². The summed E-state index contributed by atoms with van der Waals surface area (Å²) < 4.78 is 0. The number of carbonyl (C=O) groups excluding carboxylic acids is 1. The van der Waals surface area contributed by atoms with Gasteiger partial charge in [0, 0.05) is 15.9 Å². The van der Waals surface area contributed by atoms with E-state index in [1.165, 1.54) is 21.5 Å². The monoisotopic (exact) mass is 427 g/mol. The van der Waals surface area contributed by atoms with E-state index < -0.39 is 0 Å². The van der Waals surface area contributed by atoms with E-state index in [0.717, 1.165) is 9.52 Å². The number of rotatable bonds is 0. The minimum atomic E-state index is 0. The fourth-order valence-corrected chi connectivity index (χ4v) is 1.90. The number of halogens is 2. The minimum absolute atomic E-state index is 0. The second kappa shape index (κ2) is 15.4. The maximum absolute atomic E-state index is 8.47. The van der Waals surface area contributed by atoms with Crippen LogP contribution in [0.5, 0.6) is 0 Å². The first-order valence-corrected chi connectivity index (χ1v) is 8.01. The standard InChI is InChI=1S/C13H9.C2H6Si.CH3NO.2ClH.Zr/c1-3-7-12-10(5-1)9-11-6-2-4-8-13(11)12;1-3-2;2-1-3;;;/h1-9H;1-2H3;1H,(H2,2,3);2*1H;/q-1;;;;;+4/p-3. The van der Waals surface area contributed by atoms with Gasteiger partial charge in [0.1, 0.15) is 0 Å². The van der Waals surface area contributed by atoms with Crippen molar-refractivity contribution < 1.29 is 55.8 Å². The van der Waals surface area contributed by atoms with E-state index in [1.807, 2.05) is 0 Å². The van der Waals surface area contributed by atoms with Crippen LogP contribution in [0.1, 0.15) is 0 Å². The SMILES string of the molecule is C[Si]C.[Cl-].[Cl-].[NH-]C=O.[Zr+4].c1ccc2c(c1)[cH-]c1ccccc12. The minimum Gasteiger partial charge on any atom is -1.00 e.